The number of anilines is 1. The first-order valence-corrected chi connectivity index (χ1v) is 10.8. The van der Waals surface area contributed by atoms with Crippen molar-refractivity contribution in [3.63, 3.8) is 0 Å². The molecule has 4 aromatic rings. The first kappa shape index (κ1) is 19.4. The Morgan fingerprint density at radius 1 is 1.00 bits per heavy atom. The van der Waals surface area contributed by atoms with Crippen LogP contribution in [0.25, 0.3) is 32.9 Å². The molecule has 1 fully saturated rings. The van der Waals surface area contributed by atoms with E-state index in [1.165, 1.54) is 19.3 Å². The maximum Gasteiger partial charge on any atom is 0.411 e. The average Bonchev–Trinajstić information content (AvgIpc) is 3.22. The van der Waals surface area contributed by atoms with Gasteiger partial charge in [-0.2, -0.15) is 0 Å². The lowest BCUT2D eigenvalue weighted by atomic mass is 9.90. The Bertz CT molecular complexity index is 1300. The minimum atomic E-state index is -0.456. The van der Waals surface area contributed by atoms with Crippen LogP contribution in [0.4, 0.5) is 10.5 Å². The normalized spacial score (nSPS) is 14.7. The van der Waals surface area contributed by atoms with E-state index in [0.29, 0.717) is 29.3 Å². The summed E-state index contributed by atoms with van der Waals surface area (Å²) >= 11 is 0. The minimum absolute atomic E-state index is 0.172. The van der Waals surface area contributed by atoms with Gasteiger partial charge in [0.1, 0.15) is 0 Å². The highest BCUT2D eigenvalue weighted by Gasteiger charge is 2.16. The summed E-state index contributed by atoms with van der Waals surface area (Å²) in [7, 11) is 0. The molecule has 3 N–H and O–H groups in total. The second kappa shape index (κ2) is 8.30. The number of hydrogen-bond acceptors (Lipinski definition) is 3. The van der Waals surface area contributed by atoms with E-state index in [-0.39, 0.29) is 5.56 Å². The molecule has 6 nitrogen and oxygen atoms in total. The highest BCUT2D eigenvalue weighted by Crippen LogP contribution is 2.28. The summed E-state index contributed by atoms with van der Waals surface area (Å²) in [6.07, 6.45) is 7.37. The lowest BCUT2D eigenvalue weighted by molar-refractivity contribution is 0.128. The number of amides is 1. The fraction of sp³-hybridized carbons (Fsp3) is 0.280. The van der Waals surface area contributed by atoms with Gasteiger partial charge in [0.25, 0.3) is 5.56 Å². The van der Waals surface area contributed by atoms with Crippen LogP contribution in [0.15, 0.2) is 59.5 Å². The third-order valence-electron chi connectivity index (χ3n) is 6.15. The lowest BCUT2D eigenvalue weighted by Crippen LogP contribution is -2.20. The van der Waals surface area contributed by atoms with Crippen LogP contribution >= 0.6 is 0 Å². The van der Waals surface area contributed by atoms with E-state index >= 15 is 0 Å². The van der Waals surface area contributed by atoms with Crippen LogP contribution in [0, 0.1) is 5.92 Å². The number of pyridine rings is 1. The Labute approximate surface area is 179 Å². The monoisotopic (exact) mass is 415 g/mol. The average molecular weight is 415 g/mol. The summed E-state index contributed by atoms with van der Waals surface area (Å²) in [5, 5.41) is 4.67. The molecule has 2 aromatic heterocycles. The van der Waals surface area contributed by atoms with Gasteiger partial charge in [-0.1, -0.05) is 43.5 Å². The number of carbonyl (C=O) groups excluding carboxylic acids is 1. The van der Waals surface area contributed by atoms with Crippen LogP contribution in [0.3, 0.4) is 0 Å². The number of carbonyl (C=O) groups is 1. The van der Waals surface area contributed by atoms with Gasteiger partial charge in [0.15, 0.2) is 0 Å². The van der Waals surface area contributed by atoms with Crippen LogP contribution in [0.2, 0.25) is 0 Å². The maximum atomic E-state index is 12.8. The lowest BCUT2D eigenvalue weighted by Gasteiger charge is -2.21. The zero-order valence-electron chi connectivity index (χ0n) is 17.2. The molecular weight excluding hydrogens is 390 g/mol. The molecule has 0 bridgehead atoms. The second-order valence-electron chi connectivity index (χ2n) is 8.29. The van der Waals surface area contributed by atoms with Gasteiger partial charge in [-0.05, 0) is 48.4 Å². The molecule has 2 heterocycles. The number of aromatic amines is 2. The number of nitrogens with one attached hydrogen (secondary N) is 3. The van der Waals surface area contributed by atoms with Crippen LogP contribution in [-0.4, -0.2) is 22.7 Å². The Hall–Kier alpha value is -3.54. The van der Waals surface area contributed by atoms with Crippen LogP contribution in [0.5, 0.6) is 0 Å². The van der Waals surface area contributed by atoms with E-state index in [0.717, 1.165) is 34.7 Å². The third kappa shape index (κ3) is 4.06. The van der Waals surface area contributed by atoms with E-state index < -0.39 is 6.09 Å². The largest absolute Gasteiger partial charge is 0.449 e. The molecule has 158 valence electrons. The molecule has 0 radical (unpaired) electrons. The Kier molecular flexibility index (Phi) is 5.20. The molecular formula is C25H25N3O3. The molecule has 1 saturated carbocycles. The summed E-state index contributed by atoms with van der Waals surface area (Å²) in [4.78, 5) is 31.1. The molecule has 2 aromatic carbocycles. The highest BCUT2D eigenvalue weighted by molar-refractivity contribution is 5.98. The first-order chi connectivity index (χ1) is 15.2. The number of benzene rings is 2. The predicted octanol–water partition coefficient (Wildman–Crippen LogP) is 5.81. The maximum absolute atomic E-state index is 12.8. The van der Waals surface area contributed by atoms with Gasteiger partial charge in [-0.3, -0.25) is 10.1 Å². The van der Waals surface area contributed by atoms with Gasteiger partial charge in [-0.25, -0.2) is 4.79 Å². The van der Waals surface area contributed by atoms with Crippen LogP contribution in [-0.2, 0) is 4.74 Å². The summed E-state index contributed by atoms with van der Waals surface area (Å²) in [6.45, 7) is 0.463. The van der Waals surface area contributed by atoms with Gasteiger partial charge in [0.05, 0.1) is 12.1 Å². The second-order valence-corrected chi connectivity index (χ2v) is 8.29. The molecule has 1 aliphatic rings. The van der Waals surface area contributed by atoms with E-state index in [1.807, 2.05) is 48.7 Å². The number of H-pyrrole nitrogens is 2. The molecule has 1 amide bonds. The van der Waals surface area contributed by atoms with Crippen molar-refractivity contribution in [2.24, 2.45) is 5.92 Å². The third-order valence-corrected chi connectivity index (χ3v) is 6.15. The van der Waals surface area contributed by atoms with Gasteiger partial charge >= 0.3 is 6.09 Å². The van der Waals surface area contributed by atoms with Gasteiger partial charge < -0.3 is 14.7 Å². The van der Waals surface area contributed by atoms with E-state index in [1.54, 1.807) is 6.07 Å². The molecule has 5 rings (SSSR count). The van der Waals surface area contributed by atoms with E-state index in [4.69, 9.17) is 4.74 Å². The summed E-state index contributed by atoms with van der Waals surface area (Å²) in [5.74, 6) is 0.468. The Morgan fingerprint density at radius 2 is 1.84 bits per heavy atom. The summed E-state index contributed by atoms with van der Waals surface area (Å²) < 4.78 is 5.40. The van der Waals surface area contributed by atoms with Crippen molar-refractivity contribution in [2.45, 2.75) is 32.1 Å². The number of hydrogen-bond donors (Lipinski definition) is 3. The SMILES string of the molecule is O=C(Nc1ccc2cc(-c3c[nH]c4ccccc34)c(=O)[nH]c2c1)OCC1CCCCC1. The van der Waals surface area contributed by atoms with Crippen molar-refractivity contribution in [1.29, 1.82) is 0 Å². The fourth-order valence-electron chi connectivity index (χ4n) is 4.47. The fourth-order valence-corrected chi connectivity index (χ4v) is 4.47. The number of aromatic nitrogens is 2. The number of fused-ring (bicyclic) bond motifs is 2. The highest BCUT2D eigenvalue weighted by atomic mass is 16.5. The van der Waals surface area contributed by atoms with Crippen molar-refractivity contribution in [3.05, 3.63) is 65.1 Å². The van der Waals surface area contributed by atoms with Crippen molar-refractivity contribution in [1.82, 2.24) is 9.97 Å². The summed E-state index contributed by atoms with van der Waals surface area (Å²) in [6, 6.07) is 15.3. The Morgan fingerprint density at radius 3 is 2.71 bits per heavy atom. The molecule has 0 saturated heterocycles. The zero-order chi connectivity index (χ0) is 21.2. The topological polar surface area (TPSA) is 87.0 Å². The van der Waals surface area contributed by atoms with Crippen molar-refractivity contribution in [2.75, 3.05) is 11.9 Å². The molecule has 0 atom stereocenters. The minimum Gasteiger partial charge on any atom is -0.449 e. The standard InChI is InChI=1S/C25H25N3O3/c29-24-20(21-14-26-22-9-5-4-8-19(21)22)12-17-10-11-18(13-23(17)28-24)27-25(30)31-15-16-6-2-1-3-7-16/h4-5,8-14,16,26H,1-3,6-7,15H2,(H,27,30)(H,28,29). The van der Waals surface area contributed by atoms with Crippen molar-refractivity contribution in [3.8, 4) is 11.1 Å². The quantitative estimate of drug-likeness (QED) is 0.393. The molecule has 6 heteroatoms. The number of rotatable bonds is 4. The molecule has 0 spiro atoms. The van der Waals surface area contributed by atoms with Gasteiger partial charge in [-0.15, -0.1) is 0 Å². The number of para-hydroxylation sites is 1. The molecule has 1 aliphatic carbocycles. The van der Waals surface area contributed by atoms with Crippen LogP contribution < -0.4 is 10.9 Å². The van der Waals surface area contributed by atoms with E-state index in [2.05, 4.69) is 15.3 Å². The molecule has 0 unspecified atom stereocenters. The van der Waals surface area contributed by atoms with Crippen LogP contribution in [0.1, 0.15) is 32.1 Å². The molecule has 0 aliphatic heterocycles. The van der Waals surface area contributed by atoms with E-state index in [9.17, 15) is 9.59 Å². The summed E-state index contributed by atoms with van der Waals surface area (Å²) in [5.41, 5.74) is 3.55. The van der Waals surface area contributed by atoms with Gasteiger partial charge in [0.2, 0.25) is 0 Å². The van der Waals surface area contributed by atoms with Gasteiger partial charge in [0, 0.05) is 33.9 Å². The molecule has 31 heavy (non-hydrogen) atoms. The van der Waals surface area contributed by atoms with Crippen molar-refractivity contribution >= 4 is 33.6 Å². The number of ether oxygens (including phenoxy) is 1. The Balaban J connectivity index is 1.35. The predicted molar refractivity (Wildman–Crippen MR) is 123 cm³/mol. The van der Waals surface area contributed by atoms with Crippen molar-refractivity contribution < 1.29 is 9.53 Å². The zero-order valence-corrected chi connectivity index (χ0v) is 17.2. The first-order valence-electron chi connectivity index (χ1n) is 10.8. The smallest absolute Gasteiger partial charge is 0.411 e.